The molecule has 2 nitrogen and oxygen atoms in total. The first-order valence-corrected chi connectivity index (χ1v) is 5.34. The number of hydrogen-bond acceptors (Lipinski definition) is 2. The maximum absolute atomic E-state index is 9.11. The maximum Gasteiger partial charge on any atom is 0.0697 e. The number of benzene rings is 1. The normalized spacial score (nSPS) is 10.4. The van der Waals surface area contributed by atoms with E-state index in [9.17, 15) is 0 Å². The van der Waals surface area contributed by atoms with E-state index in [0.29, 0.717) is 0 Å². The van der Waals surface area contributed by atoms with Gasteiger partial charge in [-0.2, -0.15) is 0 Å². The van der Waals surface area contributed by atoms with Gasteiger partial charge in [0.2, 0.25) is 0 Å². The molecule has 82 valence electrons. The highest BCUT2D eigenvalue weighted by Gasteiger charge is 2.04. The summed E-state index contributed by atoms with van der Waals surface area (Å²) in [4.78, 5) is 4.30. The Morgan fingerprint density at radius 1 is 1.19 bits per heavy atom. The summed E-state index contributed by atoms with van der Waals surface area (Å²) >= 11 is 0. The van der Waals surface area contributed by atoms with E-state index in [1.54, 1.807) is 6.20 Å². The molecule has 0 unspecified atom stereocenters. The predicted octanol–water partition coefficient (Wildman–Crippen LogP) is 2.86. The lowest BCUT2D eigenvalue weighted by Crippen LogP contribution is -1.92. The van der Waals surface area contributed by atoms with Gasteiger partial charge in [0.15, 0.2) is 0 Å². The molecule has 1 heterocycles. The maximum atomic E-state index is 9.11. The number of aliphatic hydroxyl groups excluding tert-OH is 1. The molecule has 2 aromatic rings. The van der Waals surface area contributed by atoms with Crippen molar-refractivity contribution in [2.24, 2.45) is 0 Å². The zero-order valence-electron chi connectivity index (χ0n) is 9.57. The molecule has 1 N–H and O–H groups in total. The van der Waals surface area contributed by atoms with E-state index in [4.69, 9.17) is 5.11 Å². The molecule has 1 aromatic carbocycles. The third-order valence-electron chi connectivity index (χ3n) is 2.66. The number of rotatable bonds is 2. The van der Waals surface area contributed by atoms with Crippen molar-refractivity contribution in [2.45, 2.75) is 20.5 Å². The summed E-state index contributed by atoms with van der Waals surface area (Å²) in [5, 5.41) is 9.11. The van der Waals surface area contributed by atoms with E-state index >= 15 is 0 Å². The van der Waals surface area contributed by atoms with Crippen LogP contribution in [0.4, 0.5) is 0 Å². The van der Waals surface area contributed by atoms with Crippen molar-refractivity contribution in [3.63, 3.8) is 0 Å². The van der Waals surface area contributed by atoms with Gasteiger partial charge in [-0.1, -0.05) is 29.8 Å². The molecule has 2 heteroatoms. The minimum Gasteiger partial charge on any atom is -0.392 e. The van der Waals surface area contributed by atoms with Gasteiger partial charge in [-0.15, -0.1) is 0 Å². The molecule has 0 radical (unpaired) electrons. The Hall–Kier alpha value is -1.67. The lowest BCUT2D eigenvalue weighted by Gasteiger charge is -2.07. The zero-order chi connectivity index (χ0) is 11.5. The third-order valence-corrected chi connectivity index (χ3v) is 2.66. The molecule has 0 saturated heterocycles. The van der Waals surface area contributed by atoms with Gasteiger partial charge in [0.1, 0.15) is 0 Å². The molecule has 1 aromatic heterocycles. The van der Waals surface area contributed by atoms with Gasteiger partial charge in [-0.25, -0.2) is 0 Å². The van der Waals surface area contributed by atoms with Crippen LogP contribution in [0.1, 0.15) is 16.8 Å². The van der Waals surface area contributed by atoms with Crippen molar-refractivity contribution in [1.29, 1.82) is 0 Å². The topological polar surface area (TPSA) is 33.1 Å². The molecule has 2 rings (SSSR count). The van der Waals surface area contributed by atoms with Crippen LogP contribution in [0.3, 0.4) is 0 Å². The number of hydrogen-bond donors (Lipinski definition) is 1. The summed E-state index contributed by atoms with van der Waals surface area (Å²) in [6.07, 6.45) is 1.72. The molecule has 0 fully saturated rings. The molecular weight excluding hydrogens is 198 g/mol. The van der Waals surface area contributed by atoms with Gasteiger partial charge in [0, 0.05) is 17.5 Å². The molecule has 0 spiro atoms. The Morgan fingerprint density at radius 3 is 2.69 bits per heavy atom. The highest BCUT2D eigenvalue weighted by molar-refractivity contribution is 5.66. The summed E-state index contributed by atoms with van der Waals surface area (Å²) in [6.45, 7) is 4.09. The van der Waals surface area contributed by atoms with Crippen molar-refractivity contribution in [1.82, 2.24) is 4.98 Å². The van der Waals surface area contributed by atoms with Crippen LogP contribution in [0.2, 0.25) is 0 Å². The zero-order valence-corrected chi connectivity index (χ0v) is 9.57. The van der Waals surface area contributed by atoms with Gasteiger partial charge in [-0.05, 0) is 31.0 Å². The minimum atomic E-state index is 0.0338. The quantitative estimate of drug-likeness (QED) is 0.832. The van der Waals surface area contributed by atoms with Gasteiger partial charge in [0.25, 0.3) is 0 Å². The van der Waals surface area contributed by atoms with Gasteiger partial charge < -0.3 is 5.11 Å². The number of aromatic nitrogens is 1. The number of aryl methyl sites for hydroxylation is 2. The van der Waals surface area contributed by atoms with Crippen LogP contribution < -0.4 is 0 Å². The fourth-order valence-corrected chi connectivity index (χ4v) is 1.77. The number of nitrogens with zero attached hydrogens (tertiary/aromatic N) is 1. The lowest BCUT2D eigenvalue weighted by atomic mass is 10.0. The Bertz CT molecular complexity index is 506. The Labute approximate surface area is 95.6 Å². The van der Waals surface area contributed by atoms with Crippen molar-refractivity contribution < 1.29 is 5.11 Å². The van der Waals surface area contributed by atoms with Crippen LogP contribution in [0.5, 0.6) is 0 Å². The second kappa shape index (κ2) is 4.45. The Balaban J connectivity index is 2.54. The predicted molar refractivity (Wildman–Crippen MR) is 65.1 cm³/mol. The fourth-order valence-electron chi connectivity index (χ4n) is 1.77. The first kappa shape index (κ1) is 10.8. The van der Waals surface area contributed by atoms with E-state index in [1.165, 1.54) is 5.56 Å². The summed E-state index contributed by atoms with van der Waals surface area (Å²) in [5.74, 6) is 0. The summed E-state index contributed by atoms with van der Waals surface area (Å²) in [7, 11) is 0. The van der Waals surface area contributed by atoms with Crippen molar-refractivity contribution in [3.8, 4) is 11.1 Å². The second-order valence-electron chi connectivity index (χ2n) is 4.00. The van der Waals surface area contributed by atoms with Crippen LogP contribution in [-0.4, -0.2) is 10.1 Å². The summed E-state index contributed by atoms with van der Waals surface area (Å²) < 4.78 is 0. The molecule has 0 aliphatic heterocycles. The van der Waals surface area contributed by atoms with Gasteiger partial charge >= 0.3 is 0 Å². The summed E-state index contributed by atoms with van der Waals surface area (Å²) in [5.41, 5.74) is 5.31. The highest BCUT2D eigenvalue weighted by atomic mass is 16.3. The average molecular weight is 213 g/mol. The first-order valence-electron chi connectivity index (χ1n) is 5.34. The smallest absolute Gasteiger partial charge is 0.0697 e. The minimum absolute atomic E-state index is 0.0338. The molecular formula is C14H15NO. The van der Waals surface area contributed by atoms with E-state index in [0.717, 1.165) is 22.4 Å². The molecule has 0 aliphatic carbocycles. The summed E-state index contributed by atoms with van der Waals surface area (Å²) in [6, 6.07) is 10.3. The van der Waals surface area contributed by atoms with E-state index < -0.39 is 0 Å². The Morgan fingerprint density at radius 2 is 2.00 bits per heavy atom. The number of aliphatic hydroxyl groups is 1. The van der Waals surface area contributed by atoms with Crippen LogP contribution >= 0.6 is 0 Å². The van der Waals surface area contributed by atoms with Crippen molar-refractivity contribution in [2.75, 3.05) is 0 Å². The van der Waals surface area contributed by atoms with Crippen LogP contribution in [0.25, 0.3) is 11.1 Å². The van der Waals surface area contributed by atoms with E-state index in [-0.39, 0.29) is 6.61 Å². The molecule has 0 bridgehead atoms. The standard InChI is InChI=1S/C14H15NO/c1-10-4-3-5-13(6-10)14-7-12(9-16)8-15-11(14)2/h3-8,16H,9H2,1-2H3. The molecule has 0 amide bonds. The third kappa shape index (κ3) is 2.12. The highest BCUT2D eigenvalue weighted by Crippen LogP contribution is 2.23. The van der Waals surface area contributed by atoms with E-state index in [1.807, 2.05) is 19.1 Å². The molecule has 0 aliphatic rings. The van der Waals surface area contributed by atoms with Crippen LogP contribution in [-0.2, 0) is 6.61 Å². The van der Waals surface area contributed by atoms with Gasteiger partial charge in [-0.3, -0.25) is 4.98 Å². The largest absolute Gasteiger partial charge is 0.392 e. The average Bonchev–Trinajstić information content (AvgIpc) is 2.30. The monoisotopic (exact) mass is 213 g/mol. The molecule has 0 atom stereocenters. The Kier molecular flexibility index (Phi) is 3.02. The molecule has 0 saturated carbocycles. The lowest BCUT2D eigenvalue weighted by molar-refractivity contribution is 0.281. The second-order valence-corrected chi connectivity index (χ2v) is 4.00. The van der Waals surface area contributed by atoms with Gasteiger partial charge in [0.05, 0.1) is 6.61 Å². The van der Waals surface area contributed by atoms with Crippen LogP contribution in [0, 0.1) is 13.8 Å². The van der Waals surface area contributed by atoms with E-state index in [2.05, 4.69) is 30.1 Å². The van der Waals surface area contributed by atoms with Crippen LogP contribution in [0.15, 0.2) is 36.5 Å². The fraction of sp³-hybridized carbons (Fsp3) is 0.214. The van der Waals surface area contributed by atoms with Crippen molar-refractivity contribution >= 4 is 0 Å². The van der Waals surface area contributed by atoms with Crippen molar-refractivity contribution in [3.05, 3.63) is 53.3 Å². The SMILES string of the molecule is Cc1cccc(-c2cc(CO)cnc2C)c1. The first-order chi connectivity index (χ1) is 7.70. The molecule has 16 heavy (non-hydrogen) atoms. The number of pyridine rings is 1.